The van der Waals surface area contributed by atoms with E-state index in [1.165, 1.54) is 12.7 Å². The zero-order valence-corrected chi connectivity index (χ0v) is 40.3. The molecule has 1 amide bonds. The van der Waals surface area contributed by atoms with Gasteiger partial charge in [0.05, 0.1) is 30.6 Å². The van der Waals surface area contributed by atoms with E-state index < -0.39 is 40.3 Å². The van der Waals surface area contributed by atoms with Gasteiger partial charge in [0.15, 0.2) is 5.78 Å². The van der Waals surface area contributed by atoms with Crippen molar-refractivity contribution in [2.75, 3.05) is 20.2 Å². The lowest BCUT2D eigenvalue weighted by Gasteiger charge is -2.72. The lowest BCUT2D eigenvalue weighted by Crippen LogP contribution is -2.66. The normalized spacial score (nSPS) is 37.6. The molecule has 5 fully saturated rings. The van der Waals surface area contributed by atoms with Crippen LogP contribution in [-0.4, -0.2) is 71.8 Å². The molecule has 4 N–H and O–H groups in total. The lowest BCUT2D eigenvalue weighted by atomic mass is 9.33. The van der Waals surface area contributed by atoms with Gasteiger partial charge in [-0.05, 0) is 141 Å². The number of allylic oxidation sites excluding steroid dienone is 1. The van der Waals surface area contributed by atoms with Crippen LogP contribution in [0.3, 0.4) is 0 Å². The van der Waals surface area contributed by atoms with E-state index >= 15 is 0 Å². The average molecular weight is 880 g/mol. The number of aliphatic carboxylic acids is 1. The van der Waals surface area contributed by atoms with Crippen LogP contribution in [0.4, 0.5) is 0 Å². The Kier molecular flexibility index (Phi) is 12.1. The Labute approximate surface area is 375 Å². The summed E-state index contributed by atoms with van der Waals surface area (Å²) >= 11 is 6.14. The molecule has 0 saturated heterocycles. The van der Waals surface area contributed by atoms with Crippen molar-refractivity contribution in [3.8, 4) is 5.75 Å². The summed E-state index contributed by atoms with van der Waals surface area (Å²) in [5, 5.41) is 29.2. The number of amides is 1. The number of carboxylic acid groups (broad SMARTS) is 1. The van der Waals surface area contributed by atoms with Gasteiger partial charge in [0.1, 0.15) is 11.9 Å². The van der Waals surface area contributed by atoms with Crippen LogP contribution in [0.15, 0.2) is 29.3 Å². The Hall–Kier alpha value is -2.95. The van der Waals surface area contributed by atoms with Gasteiger partial charge in [0, 0.05) is 40.9 Å². The van der Waals surface area contributed by atoms with Crippen molar-refractivity contribution in [2.24, 2.45) is 68.0 Å². The molecule has 1 aromatic carbocycles. The first-order chi connectivity index (χ1) is 28.7. The number of carbonyl (C=O) groups is 4. The second kappa shape index (κ2) is 15.9. The summed E-state index contributed by atoms with van der Waals surface area (Å²) in [4.78, 5) is 53.1. The first-order valence-electron chi connectivity index (χ1n) is 23.5. The Balaban J connectivity index is 1.08. The van der Waals surface area contributed by atoms with E-state index in [0.717, 1.165) is 56.9 Å². The number of methoxy groups -OCH3 is 1. The maximum atomic E-state index is 14.2. The number of aliphatic hydroxyl groups is 1. The van der Waals surface area contributed by atoms with Crippen molar-refractivity contribution in [1.82, 2.24) is 10.6 Å². The standard InChI is InChI=1S/C51H75ClN2O8/c1-28(2)40-34(55)25-51(38(56)26-53-27-45(3,4)54-42(57)30-14-13-29(52)23-35(30)61-12)22-21-49(10)31(41(40)51)15-16-37-48(9)19-18-39(47(7,8)36(48)17-20-50(37,49)11)62-44(60)33-24-32(43(58)59)46(33,5)6/h13-14,23,28,31-33,36-39,53,56H,15-22,24-27H2,1-12H3,(H,54,57)(H,58,59)/t31-,32+,33-,36+,37-,38+,39+,48+,49-,50-,51+/m1/s1. The number of fused-ring (bicyclic) bond motifs is 7. The third kappa shape index (κ3) is 7.17. The molecule has 6 aliphatic rings. The number of carbonyl (C=O) groups excluding carboxylic acids is 3. The van der Waals surface area contributed by atoms with E-state index in [1.54, 1.807) is 18.2 Å². The van der Waals surface area contributed by atoms with E-state index in [0.29, 0.717) is 54.1 Å². The fourth-order valence-corrected chi connectivity index (χ4v) is 15.4. The molecule has 6 aliphatic carbocycles. The fraction of sp³-hybridized carbons (Fsp3) is 0.765. The van der Waals surface area contributed by atoms with Crippen molar-refractivity contribution >= 4 is 35.2 Å². The van der Waals surface area contributed by atoms with Gasteiger partial charge < -0.3 is 30.3 Å². The highest BCUT2D eigenvalue weighted by Crippen LogP contribution is 2.77. The van der Waals surface area contributed by atoms with Gasteiger partial charge in [-0.1, -0.05) is 79.5 Å². The van der Waals surface area contributed by atoms with Crippen LogP contribution < -0.4 is 15.4 Å². The molecule has 0 aliphatic heterocycles. The first-order valence-corrected chi connectivity index (χ1v) is 23.9. The zero-order valence-electron chi connectivity index (χ0n) is 39.6. The highest BCUT2D eigenvalue weighted by atomic mass is 35.5. The van der Waals surface area contributed by atoms with E-state index in [4.69, 9.17) is 21.1 Å². The van der Waals surface area contributed by atoms with Crippen LogP contribution in [0.25, 0.3) is 0 Å². The number of hydrogen-bond acceptors (Lipinski definition) is 8. The number of aliphatic hydroxyl groups excluding tert-OH is 1. The van der Waals surface area contributed by atoms with Gasteiger partial charge in [-0.15, -0.1) is 0 Å². The molecule has 11 heteroatoms. The SMILES string of the molecule is COc1cc(Cl)ccc1C(=O)NC(C)(C)CNC[C@H](O)[C@@]12CC[C@]3(C)[C@H](CC[C@@H]4[C@@]5(C)CC[C@H](OC(=O)[C@H]6C[C@@H](C(=O)O)C6(C)C)C(C)(C)[C@@H]5CC[C@]43C)C1=C(C(C)C)C(=O)C2. The van der Waals surface area contributed by atoms with Crippen molar-refractivity contribution in [3.05, 3.63) is 39.9 Å². The van der Waals surface area contributed by atoms with Gasteiger partial charge in [0.2, 0.25) is 0 Å². The molecular weight excluding hydrogens is 804 g/mol. The molecule has 0 heterocycles. The molecule has 11 atom stereocenters. The number of halogens is 1. The third-order valence-electron chi connectivity index (χ3n) is 18.9. The van der Waals surface area contributed by atoms with Crippen molar-refractivity contribution in [2.45, 2.75) is 158 Å². The number of ether oxygens (including phenoxy) is 2. The summed E-state index contributed by atoms with van der Waals surface area (Å²) < 4.78 is 11.8. The summed E-state index contributed by atoms with van der Waals surface area (Å²) in [7, 11) is 1.51. The summed E-state index contributed by atoms with van der Waals surface area (Å²) in [6, 6.07) is 4.94. The highest BCUT2D eigenvalue weighted by Gasteiger charge is 2.71. The second-order valence-electron chi connectivity index (χ2n) is 23.5. The average Bonchev–Trinajstić information content (AvgIpc) is 3.48. The van der Waals surface area contributed by atoms with Crippen LogP contribution in [0.2, 0.25) is 5.02 Å². The number of Topliss-reactive ketones (excluding diaryl/α,β-unsaturated/α-hetero) is 1. The van der Waals surface area contributed by atoms with E-state index in [-0.39, 0.29) is 57.3 Å². The predicted octanol–water partition coefficient (Wildman–Crippen LogP) is 9.45. The van der Waals surface area contributed by atoms with Crippen LogP contribution in [-0.2, 0) is 19.1 Å². The molecule has 5 saturated carbocycles. The highest BCUT2D eigenvalue weighted by molar-refractivity contribution is 6.30. The number of benzene rings is 1. The molecule has 10 nitrogen and oxygen atoms in total. The second-order valence-corrected chi connectivity index (χ2v) is 23.9. The first kappa shape index (κ1) is 47.0. The largest absolute Gasteiger partial charge is 0.496 e. The Morgan fingerprint density at radius 2 is 1.60 bits per heavy atom. The molecule has 0 aromatic heterocycles. The number of carboxylic acids is 1. The molecule has 62 heavy (non-hydrogen) atoms. The summed E-state index contributed by atoms with van der Waals surface area (Å²) in [6.07, 6.45) is 7.27. The molecule has 0 bridgehead atoms. The summed E-state index contributed by atoms with van der Waals surface area (Å²) in [6.45, 7) is 24.8. The van der Waals surface area contributed by atoms with Gasteiger partial charge >= 0.3 is 11.9 Å². The van der Waals surface area contributed by atoms with Gasteiger partial charge in [-0.3, -0.25) is 19.2 Å². The summed E-state index contributed by atoms with van der Waals surface area (Å²) in [5.41, 5.74) is 0.384. The van der Waals surface area contributed by atoms with Gasteiger partial charge in [-0.2, -0.15) is 0 Å². The minimum Gasteiger partial charge on any atom is -0.496 e. The topological polar surface area (TPSA) is 151 Å². The van der Waals surface area contributed by atoms with Crippen LogP contribution in [0.5, 0.6) is 5.75 Å². The summed E-state index contributed by atoms with van der Waals surface area (Å²) in [5.74, 6) is -0.645. The maximum Gasteiger partial charge on any atom is 0.309 e. The Morgan fingerprint density at radius 1 is 0.903 bits per heavy atom. The molecular formula is C51H75ClN2O8. The Bertz CT molecular complexity index is 2020. The van der Waals surface area contributed by atoms with Crippen LogP contribution >= 0.6 is 11.6 Å². The number of nitrogens with one attached hydrogen (secondary N) is 2. The molecule has 344 valence electrons. The number of ketones is 1. The van der Waals surface area contributed by atoms with Crippen molar-refractivity contribution < 1.29 is 38.9 Å². The predicted molar refractivity (Wildman–Crippen MR) is 241 cm³/mol. The Morgan fingerprint density at radius 3 is 2.23 bits per heavy atom. The molecule has 0 spiro atoms. The zero-order chi connectivity index (χ0) is 45.7. The van der Waals surface area contributed by atoms with Crippen LogP contribution in [0, 0.1) is 68.0 Å². The minimum atomic E-state index is -0.842. The van der Waals surface area contributed by atoms with Crippen LogP contribution in [0.1, 0.15) is 151 Å². The van der Waals surface area contributed by atoms with Crippen molar-refractivity contribution in [3.63, 3.8) is 0 Å². The van der Waals surface area contributed by atoms with E-state index in [2.05, 4.69) is 59.1 Å². The fourth-order valence-electron chi connectivity index (χ4n) is 15.2. The van der Waals surface area contributed by atoms with E-state index in [9.17, 15) is 29.4 Å². The third-order valence-corrected chi connectivity index (χ3v) is 19.2. The molecule has 7 rings (SSSR count). The molecule has 0 unspecified atom stereocenters. The smallest absolute Gasteiger partial charge is 0.309 e. The quantitative estimate of drug-likeness (QED) is 0.151. The molecule has 1 aromatic rings. The van der Waals surface area contributed by atoms with E-state index in [1.807, 2.05) is 27.7 Å². The van der Waals surface area contributed by atoms with Gasteiger partial charge in [0.25, 0.3) is 5.91 Å². The maximum absolute atomic E-state index is 14.2. The lowest BCUT2D eigenvalue weighted by molar-refractivity contribution is -0.238. The number of hydrogen-bond donors (Lipinski definition) is 4. The monoisotopic (exact) mass is 879 g/mol. The van der Waals surface area contributed by atoms with Crippen molar-refractivity contribution in [1.29, 1.82) is 0 Å². The minimum absolute atomic E-state index is 0.00759. The molecule has 0 radical (unpaired) electrons. The van der Waals surface area contributed by atoms with Gasteiger partial charge in [-0.25, -0.2) is 0 Å². The number of rotatable bonds is 12. The number of esters is 1.